The number of hydrogen-bond acceptors (Lipinski definition) is 4. The number of pyridine rings is 1. The van der Waals surface area contributed by atoms with E-state index in [1.165, 1.54) is 0 Å². The maximum Gasteiger partial charge on any atom is 0.407 e. The molecule has 0 spiro atoms. The Morgan fingerprint density at radius 2 is 2.47 bits per heavy atom. The normalized spacial score (nSPS) is 9.73. The molecule has 1 aromatic rings. The second-order valence-corrected chi connectivity index (χ2v) is 2.98. The molecular weight excluding hydrogens is 196 g/mol. The van der Waals surface area contributed by atoms with Crippen LogP contribution in [0.1, 0.15) is 11.3 Å². The lowest BCUT2D eigenvalue weighted by atomic mass is 10.2. The molecule has 0 aliphatic rings. The highest BCUT2D eigenvalue weighted by atomic mass is 16.6. The average Bonchev–Trinajstić information content (AvgIpc) is 2.25. The number of aliphatic hydroxyl groups is 1. The van der Waals surface area contributed by atoms with Crippen LogP contribution < -0.4 is 5.32 Å². The molecule has 0 unspecified atom stereocenters. The SMILES string of the molecule is Cc1cccnc1CNC(=O)OCCO. The van der Waals surface area contributed by atoms with Gasteiger partial charge in [0.15, 0.2) is 0 Å². The number of carbonyl (C=O) groups excluding carboxylic acids is 1. The Balaban J connectivity index is 2.37. The van der Waals surface area contributed by atoms with Crippen molar-refractivity contribution in [3.8, 4) is 0 Å². The fourth-order valence-electron chi connectivity index (χ4n) is 1.05. The molecule has 1 rings (SSSR count). The number of rotatable bonds is 4. The Hall–Kier alpha value is -1.62. The number of nitrogens with one attached hydrogen (secondary N) is 1. The van der Waals surface area contributed by atoms with Gasteiger partial charge in [0.05, 0.1) is 18.8 Å². The fraction of sp³-hybridized carbons (Fsp3) is 0.400. The molecule has 5 heteroatoms. The van der Waals surface area contributed by atoms with E-state index in [1.54, 1.807) is 6.20 Å². The zero-order chi connectivity index (χ0) is 11.1. The van der Waals surface area contributed by atoms with E-state index < -0.39 is 6.09 Å². The monoisotopic (exact) mass is 210 g/mol. The number of hydrogen-bond donors (Lipinski definition) is 2. The Morgan fingerprint density at radius 3 is 3.13 bits per heavy atom. The molecular formula is C10H14N2O3. The highest BCUT2D eigenvalue weighted by Crippen LogP contribution is 2.01. The van der Waals surface area contributed by atoms with Crippen LogP contribution in [0.4, 0.5) is 4.79 Å². The first kappa shape index (κ1) is 11.5. The van der Waals surface area contributed by atoms with E-state index in [0.29, 0.717) is 6.54 Å². The lowest BCUT2D eigenvalue weighted by molar-refractivity contribution is 0.118. The summed E-state index contributed by atoms with van der Waals surface area (Å²) >= 11 is 0. The van der Waals surface area contributed by atoms with Gasteiger partial charge >= 0.3 is 6.09 Å². The highest BCUT2D eigenvalue weighted by molar-refractivity contribution is 5.67. The quantitative estimate of drug-likeness (QED) is 0.763. The van der Waals surface area contributed by atoms with Crippen molar-refractivity contribution in [2.45, 2.75) is 13.5 Å². The van der Waals surface area contributed by atoms with Crippen molar-refractivity contribution in [3.05, 3.63) is 29.6 Å². The van der Waals surface area contributed by atoms with Gasteiger partial charge in [-0.1, -0.05) is 6.07 Å². The van der Waals surface area contributed by atoms with Crippen molar-refractivity contribution in [2.75, 3.05) is 13.2 Å². The Bertz CT molecular complexity index is 328. The van der Waals surface area contributed by atoms with Gasteiger partial charge in [-0.05, 0) is 18.6 Å². The van der Waals surface area contributed by atoms with E-state index in [9.17, 15) is 4.79 Å². The van der Waals surface area contributed by atoms with E-state index in [0.717, 1.165) is 11.3 Å². The summed E-state index contributed by atoms with van der Waals surface area (Å²) in [5.74, 6) is 0. The summed E-state index contributed by atoms with van der Waals surface area (Å²) in [5.41, 5.74) is 1.82. The van der Waals surface area contributed by atoms with Crippen LogP contribution in [0.5, 0.6) is 0 Å². The molecule has 0 saturated carbocycles. The number of amides is 1. The van der Waals surface area contributed by atoms with Crippen LogP contribution in [0.25, 0.3) is 0 Å². The highest BCUT2D eigenvalue weighted by Gasteiger charge is 2.03. The van der Waals surface area contributed by atoms with E-state index in [2.05, 4.69) is 15.0 Å². The van der Waals surface area contributed by atoms with Crippen molar-refractivity contribution in [2.24, 2.45) is 0 Å². The van der Waals surface area contributed by atoms with Gasteiger partial charge < -0.3 is 15.2 Å². The van der Waals surface area contributed by atoms with Crippen molar-refractivity contribution < 1.29 is 14.6 Å². The minimum atomic E-state index is -0.547. The van der Waals surface area contributed by atoms with Gasteiger partial charge in [0.25, 0.3) is 0 Å². The first-order valence-electron chi connectivity index (χ1n) is 4.66. The summed E-state index contributed by atoms with van der Waals surface area (Å²) in [6.45, 7) is 2.09. The molecule has 1 aromatic heterocycles. The lowest BCUT2D eigenvalue weighted by Crippen LogP contribution is -2.25. The van der Waals surface area contributed by atoms with Crippen molar-refractivity contribution in [1.82, 2.24) is 10.3 Å². The Labute approximate surface area is 88.1 Å². The molecule has 82 valence electrons. The van der Waals surface area contributed by atoms with E-state index in [1.807, 2.05) is 19.1 Å². The summed E-state index contributed by atoms with van der Waals surface area (Å²) in [7, 11) is 0. The number of carbonyl (C=O) groups is 1. The molecule has 0 saturated heterocycles. The molecule has 15 heavy (non-hydrogen) atoms. The molecule has 0 atom stereocenters. The van der Waals surface area contributed by atoms with E-state index in [-0.39, 0.29) is 13.2 Å². The van der Waals surface area contributed by atoms with Gasteiger partial charge in [-0.25, -0.2) is 4.79 Å². The van der Waals surface area contributed by atoms with Gasteiger partial charge in [0, 0.05) is 6.20 Å². The van der Waals surface area contributed by atoms with Gasteiger partial charge in [0.2, 0.25) is 0 Å². The molecule has 1 amide bonds. The first-order valence-corrected chi connectivity index (χ1v) is 4.66. The number of aryl methyl sites for hydroxylation is 1. The van der Waals surface area contributed by atoms with Crippen LogP contribution in [-0.2, 0) is 11.3 Å². The average molecular weight is 210 g/mol. The van der Waals surface area contributed by atoms with Gasteiger partial charge in [-0.15, -0.1) is 0 Å². The van der Waals surface area contributed by atoms with Crippen LogP contribution in [0, 0.1) is 6.92 Å². The molecule has 0 bridgehead atoms. The van der Waals surface area contributed by atoms with Crippen LogP contribution in [0.2, 0.25) is 0 Å². The summed E-state index contributed by atoms with van der Waals surface area (Å²) in [5, 5.41) is 11.0. The second-order valence-electron chi connectivity index (χ2n) is 2.98. The third-order valence-electron chi connectivity index (χ3n) is 1.84. The molecule has 1 heterocycles. The van der Waals surface area contributed by atoms with Crippen LogP contribution in [-0.4, -0.2) is 29.4 Å². The summed E-state index contributed by atoms with van der Waals surface area (Å²) < 4.78 is 4.62. The van der Waals surface area contributed by atoms with Gasteiger partial charge in [-0.2, -0.15) is 0 Å². The van der Waals surface area contributed by atoms with Crippen molar-refractivity contribution in [3.63, 3.8) is 0 Å². The number of nitrogens with zero attached hydrogens (tertiary/aromatic N) is 1. The topological polar surface area (TPSA) is 71.5 Å². The van der Waals surface area contributed by atoms with Gasteiger partial charge in [-0.3, -0.25) is 4.98 Å². The van der Waals surface area contributed by atoms with E-state index >= 15 is 0 Å². The zero-order valence-electron chi connectivity index (χ0n) is 8.56. The maximum absolute atomic E-state index is 11.0. The summed E-state index contributed by atoms with van der Waals surface area (Å²) in [6, 6.07) is 3.76. The molecule has 5 nitrogen and oxygen atoms in total. The van der Waals surface area contributed by atoms with Crippen LogP contribution in [0.3, 0.4) is 0 Å². The van der Waals surface area contributed by atoms with Crippen molar-refractivity contribution in [1.29, 1.82) is 0 Å². The smallest absolute Gasteiger partial charge is 0.407 e. The predicted octanol–water partition coefficient (Wildman–Crippen LogP) is 0.609. The standard InChI is InChI=1S/C10H14N2O3/c1-8-3-2-4-11-9(8)7-12-10(14)15-6-5-13/h2-4,13H,5-7H2,1H3,(H,12,14). The largest absolute Gasteiger partial charge is 0.447 e. The van der Waals surface area contributed by atoms with Crippen molar-refractivity contribution >= 4 is 6.09 Å². The first-order chi connectivity index (χ1) is 7.24. The minimum absolute atomic E-state index is 0.00698. The second kappa shape index (κ2) is 5.98. The summed E-state index contributed by atoms with van der Waals surface area (Å²) in [6.07, 6.45) is 1.12. The molecule has 0 aliphatic carbocycles. The lowest BCUT2D eigenvalue weighted by Gasteiger charge is -2.06. The Kier molecular flexibility index (Phi) is 4.56. The summed E-state index contributed by atoms with van der Waals surface area (Å²) in [4.78, 5) is 15.1. The fourth-order valence-corrected chi connectivity index (χ4v) is 1.05. The predicted molar refractivity (Wildman–Crippen MR) is 54.2 cm³/mol. The third-order valence-corrected chi connectivity index (χ3v) is 1.84. The molecule has 2 N–H and O–H groups in total. The maximum atomic E-state index is 11.0. The molecule has 0 radical (unpaired) electrons. The number of aliphatic hydroxyl groups excluding tert-OH is 1. The third kappa shape index (κ3) is 3.95. The van der Waals surface area contributed by atoms with Gasteiger partial charge in [0.1, 0.15) is 6.61 Å². The van der Waals surface area contributed by atoms with E-state index in [4.69, 9.17) is 5.11 Å². The zero-order valence-corrected chi connectivity index (χ0v) is 8.56. The number of alkyl carbamates (subject to hydrolysis) is 1. The van der Waals surface area contributed by atoms with Crippen LogP contribution in [0.15, 0.2) is 18.3 Å². The molecule has 0 aliphatic heterocycles. The minimum Gasteiger partial charge on any atom is -0.447 e. The molecule has 0 aromatic carbocycles. The molecule has 0 fully saturated rings. The van der Waals surface area contributed by atoms with Crippen LogP contribution >= 0.6 is 0 Å². The Morgan fingerprint density at radius 1 is 1.67 bits per heavy atom. The number of aromatic nitrogens is 1. The number of ether oxygens (including phenoxy) is 1.